The van der Waals surface area contributed by atoms with E-state index in [9.17, 15) is 4.39 Å². The minimum Gasteiger partial charge on any atom is -0.494 e. The fourth-order valence-electron chi connectivity index (χ4n) is 1.84. The summed E-state index contributed by atoms with van der Waals surface area (Å²) >= 11 is 0. The third-order valence-corrected chi connectivity index (χ3v) is 2.66. The van der Waals surface area contributed by atoms with Crippen LogP contribution in [0.2, 0.25) is 0 Å². The lowest BCUT2D eigenvalue weighted by Gasteiger charge is -2.17. The second-order valence-electron chi connectivity index (χ2n) is 3.74. The lowest BCUT2D eigenvalue weighted by atomic mass is 9.92. The first-order chi connectivity index (χ1) is 7.72. The Bertz CT molecular complexity index is 347. The second kappa shape index (κ2) is 6.31. The molecule has 0 fully saturated rings. The van der Waals surface area contributed by atoms with E-state index >= 15 is 0 Å². The van der Waals surface area contributed by atoms with E-state index in [-0.39, 0.29) is 11.7 Å². The van der Waals surface area contributed by atoms with Crippen LogP contribution in [-0.4, -0.2) is 6.61 Å². The van der Waals surface area contributed by atoms with Gasteiger partial charge in [0.1, 0.15) is 11.6 Å². The van der Waals surface area contributed by atoms with Crippen molar-refractivity contribution in [1.82, 2.24) is 0 Å². The van der Waals surface area contributed by atoms with Crippen LogP contribution < -0.4 is 4.74 Å². The van der Waals surface area contributed by atoms with E-state index in [0.29, 0.717) is 6.61 Å². The molecule has 1 aromatic carbocycles. The molecule has 0 aliphatic heterocycles. The highest BCUT2D eigenvalue weighted by atomic mass is 19.1. The standard InChI is InChI=1S/C14H19FO/c1-4-7-11(5-2)13-10-12(15)8-9-14(13)16-6-3/h4,8-11H,1,5-7H2,2-3H3. The van der Waals surface area contributed by atoms with Gasteiger partial charge in [-0.05, 0) is 43.9 Å². The lowest BCUT2D eigenvalue weighted by molar-refractivity contribution is 0.332. The van der Waals surface area contributed by atoms with Gasteiger partial charge in [0.05, 0.1) is 6.61 Å². The molecule has 0 amide bonds. The van der Waals surface area contributed by atoms with E-state index in [1.807, 2.05) is 13.0 Å². The Labute approximate surface area is 96.9 Å². The number of benzene rings is 1. The average molecular weight is 222 g/mol. The number of hydrogen-bond donors (Lipinski definition) is 0. The summed E-state index contributed by atoms with van der Waals surface area (Å²) in [6.45, 7) is 8.36. The third-order valence-electron chi connectivity index (χ3n) is 2.66. The summed E-state index contributed by atoms with van der Waals surface area (Å²) in [7, 11) is 0. The molecule has 1 aromatic rings. The van der Waals surface area contributed by atoms with Crippen molar-refractivity contribution in [3.05, 3.63) is 42.2 Å². The van der Waals surface area contributed by atoms with Gasteiger partial charge in [0, 0.05) is 5.56 Å². The van der Waals surface area contributed by atoms with Crippen LogP contribution in [0.5, 0.6) is 5.75 Å². The normalized spacial score (nSPS) is 12.2. The molecule has 1 unspecified atom stereocenters. The van der Waals surface area contributed by atoms with Crippen LogP contribution in [0.4, 0.5) is 4.39 Å². The van der Waals surface area contributed by atoms with E-state index in [4.69, 9.17) is 4.74 Å². The molecule has 0 aliphatic carbocycles. The Morgan fingerprint density at radius 1 is 1.44 bits per heavy atom. The van der Waals surface area contributed by atoms with Crippen molar-refractivity contribution >= 4 is 0 Å². The quantitative estimate of drug-likeness (QED) is 0.652. The lowest BCUT2D eigenvalue weighted by Crippen LogP contribution is -2.02. The molecule has 1 atom stereocenters. The zero-order valence-electron chi connectivity index (χ0n) is 10.0. The predicted octanol–water partition coefficient (Wildman–Crippen LogP) is 4.29. The van der Waals surface area contributed by atoms with Crippen LogP contribution >= 0.6 is 0 Å². The number of rotatable bonds is 6. The van der Waals surface area contributed by atoms with Crippen molar-refractivity contribution in [2.75, 3.05) is 6.61 Å². The molecule has 0 aliphatic rings. The summed E-state index contributed by atoms with van der Waals surface area (Å²) in [5.74, 6) is 0.869. The molecule has 0 saturated heterocycles. The molecule has 0 aromatic heterocycles. The summed E-state index contributed by atoms with van der Waals surface area (Å²) < 4.78 is 18.8. The summed E-state index contributed by atoms with van der Waals surface area (Å²) in [6.07, 6.45) is 3.67. The monoisotopic (exact) mass is 222 g/mol. The van der Waals surface area contributed by atoms with Crippen molar-refractivity contribution in [2.45, 2.75) is 32.6 Å². The molecule has 16 heavy (non-hydrogen) atoms. The van der Waals surface area contributed by atoms with E-state index in [2.05, 4.69) is 13.5 Å². The largest absolute Gasteiger partial charge is 0.494 e. The highest BCUT2D eigenvalue weighted by molar-refractivity contribution is 5.37. The van der Waals surface area contributed by atoms with Crippen LogP contribution in [-0.2, 0) is 0 Å². The fourth-order valence-corrected chi connectivity index (χ4v) is 1.84. The van der Waals surface area contributed by atoms with Gasteiger partial charge in [-0.2, -0.15) is 0 Å². The molecular formula is C14H19FO. The number of hydrogen-bond acceptors (Lipinski definition) is 1. The molecule has 0 heterocycles. The van der Waals surface area contributed by atoms with Gasteiger partial charge in [-0.25, -0.2) is 4.39 Å². The SMILES string of the molecule is C=CCC(CC)c1cc(F)ccc1OCC. The zero-order valence-corrected chi connectivity index (χ0v) is 10.0. The molecule has 0 radical (unpaired) electrons. The summed E-state index contributed by atoms with van der Waals surface area (Å²) in [5.41, 5.74) is 0.948. The summed E-state index contributed by atoms with van der Waals surface area (Å²) in [4.78, 5) is 0. The predicted molar refractivity (Wildman–Crippen MR) is 65.4 cm³/mol. The van der Waals surface area contributed by atoms with Crippen molar-refractivity contribution in [2.24, 2.45) is 0 Å². The third kappa shape index (κ3) is 3.09. The first kappa shape index (κ1) is 12.8. The molecule has 0 spiro atoms. The van der Waals surface area contributed by atoms with Crippen molar-refractivity contribution in [3.8, 4) is 5.75 Å². The number of ether oxygens (including phenoxy) is 1. The van der Waals surface area contributed by atoms with Crippen LogP contribution in [0.15, 0.2) is 30.9 Å². The summed E-state index contributed by atoms with van der Waals surface area (Å²) in [5, 5.41) is 0. The van der Waals surface area contributed by atoms with Gasteiger partial charge in [-0.3, -0.25) is 0 Å². The first-order valence-corrected chi connectivity index (χ1v) is 5.76. The highest BCUT2D eigenvalue weighted by Gasteiger charge is 2.14. The number of allylic oxidation sites excluding steroid dienone is 1. The topological polar surface area (TPSA) is 9.23 Å². The van der Waals surface area contributed by atoms with Crippen LogP contribution in [0.1, 0.15) is 38.2 Å². The van der Waals surface area contributed by atoms with Gasteiger partial charge in [0.2, 0.25) is 0 Å². The molecule has 0 N–H and O–H groups in total. The first-order valence-electron chi connectivity index (χ1n) is 5.76. The highest BCUT2D eigenvalue weighted by Crippen LogP contribution is 2.32. The van der Waals surface area contributed by atoms with Gasteiger partial charge in [0.25, 0.3) is 0 Å². The molecule has 0 bridgehead atoms. The minimum absolute atomic E-state index is 0.207. The maximum Gasteiger partial charge on any atom is 0.123 e. The van der Waals surface area contributed by atoms with Crippen LogP contribution in [0.25, 0.3) is 0 Å². The van der Waals surface area contributed by atoms with E-state index in [1.165, 1.54) is 6.07 Å². The van der Waals surface area contributed by atoms with Gasteiger partial charge < -0.3 is 4.74 Å². The maximum atomic E-state index is 13.2. The molecule has 1 nitrogen and oxygen atoms in total. The second-order valence-corrected chi connectivity index (χ2v) is 3.74. The number of halogens is 1. The van der Waals surface area contributed by atoms with Crippen molar-refractivity contribution in [3.63, 3.8) is 0 Å². The van der Waals surface area contributed by atoms with E-state index in [1.54, 1.807) is 12.1 Å². The molecule has 1 rings (SSSR count). The van der Waals surface area contributed by atoms with Crippen molar-refractivity contribution < 1.29 is 9.13 Å². The Hall–Kier alpha value is -1.31. The van der Waals surface area contributed by atoms with Gasteiger partial charge in [-0.1, -0.05) is 13.0 Å². The van der Waals surface area contributed by atoms with E-state index in [0.717, 1.165) is 24.2 Å². The Kier molecular flexibility index (Phi) is 5.03. The molecule has 2 heteroatoms. The van der Waals surface area contributed by atoms with Gasteiger partial charge in [0.15, 0.2) is 0 Å². The Balaban J connectivity index is 3.05. The van der Waals surface area contributed by atoms with E-state index < -0.39 is 0 Å². The van der Waals surface area contributed by atoms with Gasteiger partial charge >= 0.3 is 0 Å². The van der Waals surface area contributed by atoms with Crippen LogP contribution in [0, 0.1) is 5.82 Å². The smallest absolute Gasteiger partial charge is 0.123 e. The maximum absolute atomic E-state index is 13.2. The summed E-state index contributed by atoms with van der Waals surface area (Å²) in [6, 6.07) is 4.72. The van der Waals surface area contributed by atoms with Crippen molar-refractivity contribution in [1.29, 1.82) is 0 Å². The Morgan fingerprint density at radius 2 is 2.19 bits per heavy atom. The minimum atomic E-state index is -0.207. The Morgan fingerprint density at radius 3 is 2.75 bits per heavy atom. The van der Waals surface area contributed by atoms with Crippen LogP contribution in [0.3, 0.4) is 0 Å². The molecule has 0 saturated carbocycles. The molecular weight excluding hydrogens is 203 g/mol. The zero-order chi connectivity index (χ0) is 12.0. The molecule has 88 valence electrons. The van der Waals surface area contributed by atoms with Gasteiger partial charge in [-0.15, -0.1) is 6.58 Å². The average Bonchev–Trinajstić information content (AvgIpc) is 2.29. The fraction of sp³-hybridized carbons (Fsp3) is 0.429.